The largest absolute Gasteiger partial charge is 0.461 e. The Morgan fingerprint density at radius 2 is 2.28 bits per heavy atom. The number of aromatic nitrogens is 1. The van der Waals surface area contributed by atoms with Crippen molar-refractivity contribution >= 4 is 32.5 Å². The third-order valence-corrected chi connectivity index (χ3v) is 5.75. The number of nitrogens with zero attached hydrogens (tertiary/aromatic N) is 2. The van der Waals surface area contributed by atoms with Gasteiger partial charge in [0.15, 0.2) is 17.3 Å². The van der Waals surface area contributed by atoms with Crippen LogP contribution in [0.25, 0.3) is 0 Å². The number of allylic oxidation sites excluding steroid dienone is 1. The number of carbonyl (C=O) groups excluding carboxylic acids is 1. The number of aryl methyl sites for hydroxylation is 1. The first-order valence-electron chi connectivity index (χ1n) is 10.1. The van der Waals surface area contributed by atoms with Crippen LogP contribution in [-0.4, -0.2) is 47.9 Å². The molecule has 0 aromatic carbocycles. The van der Waals surface area contributed by atoms with Crippen molar-refractivity contribution in [2.75, 3.05) is 13.7 Å². The van der Waals surface area contributed by atoms with E-state index in [1.165, 1.54) is 0 Å². The number of ether oxygens (including phenoxy) is 1. The Hall–Kier alpha value is -2.15. The molecule has 0 fully saturated rings. The highest BCUT2D eigenvalue weighted by Crippen LogP contribution is 2.33. The smallest absolute Gasteiger partial charge is 0.357 e. The number of hydrogen-bond donors (Lipinski definition) is 2. The molecular weight excluding hydrogens is 457 g/mol. The third-order valence-electron chi connectivity index (χ3n) is 4.82. The highest BCUT2D eigenvalue weighted by atomic mass is 35.5. The summed E-state index contributed by atoms with van der Waals surface area (Å²) in [7, 11) is 3.67. The van der Waals surface area contributed by atoms with Gasteiger partial charge in [0.1, 0.15) is 0 Å². The van der Waals surface area contributed by atoms with Crippen LogP contribution in [0.4, 0.5) is 8.78 Å². The van der Waals surface area contributed by atoms with E-state index in [1.807, 2.05) is 15.3 Å². The van der Waals surface area contributed by atoms with Crippen molar-refractivity contribution in [1.82, 2.24) is 15.6 Å². The molecule has 4 unspecified atom stereocenters. The van der Waals surface area contributed by atoms with Gasteiger partial charge in [-0.3, -0.25) is 4.98 Å². The van der Waals surface area contributed by atoms with Crippen LogP contribution in [-0.2, 0) is 22.5 Å². The second-order valence-corrected chi connectivity index (χ2v) is 8.49. The van der Waals surface area contributed by atoms with E-state index < -0.39 is 17.6 Å². The van der Waals surface area contributed by atoms with Crippen molar-refractivity contribution in [3.63, 3.8) is 0 Å². The first-order valence-corrected chi connectivity index (χ1v) is 11.1. The molecule has 2 rings (SSSR count). The molecule has 0 saturated heterocycles. The zero-order valence-electron chi connectivity index (χ0n) is 18.1. The lowest BCUT2D eigenvalue weighted by molar-refractivity contribution is -0.135. The van der Waals surface area contributed by atoms with Crippen molar-refractivity contribution < 1.29 is 18.3 Å². The predicted octanol–water partition coefficient (Wildman–Crippen LogP) is 3.83. The molecule has 0 radical (unpaired) electrons. The molecule has 1 aromatic heterocycles. The van der Waals surface area contributed by atoms with Crippen LogP contribution in [0, 0.1) is 0 Å². The number of halogens is 3. The highest BCUT2D eigenvalue weighted by molar-refractivity contribution is 7.18. The van der Waals surface area contributed by atoms with Crippen LogP contribution in [0.3, 0.4) is 0 Å². The van der Waals surface area contributed by atoms with E-state index in [-0.39, 0.29) is 31.2 Å². The van der Waals surface area contributed by atoms with Crippen LogP contribution in [0.5, 0.6) is 0 Å². The summed E-state index contributed by atoms with van der Waals surface area (Å²) in [6, 6.07) is 1.51. The van der Waals surface area contributed by atoms with E-state index in [4.69, 9.17) is 16.3 Å². The number of esters is 1. The molecule has 10 heteroatoms. The summed E-state index contributed by atoms with van der Waals surface area (Å²) < 4.78 is 33.0. The minimum Gasteiger partial charge on any atom is -0.461 e. The quantitative estimate of drug-likeness (QED) is 0.284. The maximum atomic E-state index is 14.3. The first-order chi connectivity index (χ1) is 15.2. The molecule has 0 spiro atoms. The second-order valence-electron chi connectivity index (χ2n) is 7.12. The first kappa shape index (κ1) is 26.1. The van der Waals surface area contributed by atoms with Crippen LogP contribution < -0.4 is 10.6 Å². The van der Waals surface area contributed by atoms with Crippen LogP contribution >= 0.6 is 20.8 Å². The van der Waals surface area contributed by atoms with Crippen molar-refractivity contribution in [3.05, 3.63) is 65.2 Å². The zero-order chi connectivity index (χ0) is 23.7. The minimum absolute atomic E-state index is 0.101. The topological polar surface area (TPSA) is 75.6 Å². The predicted molar refractivity (Wildman–Crippen MR) is 127 cm³/mol. The number of alkyl halides is 2. The highest BCUT2D eigenvalue weighted by Gasteiger charge is 2.32. The van der Waals surface area contributed by atoms with E-state index in [0.717, 1.165) is 11.6 Å². The number of nitrogens with one attached hydrogen (secondary N) is 2. The van der Waals surface area contributed by atoms with Crippen LogP contribution in [0.2, 0.25) is 5.02 Å². The molecule has 32 heavy (non-hydrogen) atoms. The summed E-state index contributed by atoms with van der Waals surface area (Å²) in [5.41, 5.74) is 2.14. The van der Waals surface area contributed by atoms with Gasteiger partial charge in [-0.15, -0.1) is 6.58 Å². The van der Waals surface area contributed by atoms with Crippen molar-refractivity contribution in [1.29, 1.82) is 0 Å². The molecular formula is C22H28ClF2N4O2P. The van der Waals surface area contributed by atoms with Gasteiger partial charge in [0, 0.05) is 30.7 Å². The number of aliphatic imine (C=N–C) groups is 1. The average Bonchev–Trinajstić information content (AvgIpc) is 2.78. The zero-order valence-corrected chi connectivity index (χ0v) is 20.0. The number of hydrogen-bond acceptors (Lipinski definition) is 6. The molecule has 2 heterocycles. The molecule has 0 saturated carbocycles. The van der Waals surface area contributed by atoms with Gasteiger partial charge in [-0.25, -0.2) is 18.6 Å². The van der Waals surface area contributed by atoms with Gasteiger partial charge in [0.25, 0.3) is 0 Å². The molecule has 0 amide bonds. The standard InChI is InChI=1S/C22H28ClF2N4O2P/c1-4-19(24)22(25,32)8-6-18-16(23)10-14(12-29-18)11-27-13-15-17(26-3)7-9-28-20(15)21(30)31-5-2/h4,7,9-10,12-13,17,19,26-27H,1,5-6,8,11,32H2,2-3H3/b15-13+. The summed E-state index contributed by atoms with van der Waals surface area (Å²) in [5, 5.41) is 4.50. The Morgan fingerprint density at radius 1 is 1.53 bits per heavy atom. The van der Waals surface area contributed by atoms with Gasteiger partial charge in [-0.2, -0.15) is 0 Å². The molecule has 0 bridgehead atoms. The Morgan fingerprint density at radius 3 is 2.91 bits per heavy atom. The summed E-state index contributed by atoms with van der Waals surface area (Å²) >= 11 is 6.30. The molecule has 1 aromatic rings. The fourth-order valence-electron chi connectivity index (χ4n) is 3.02. The summed E-state index contributed by atoms with van der Waals surface area (Å²) in [6.45, 7) is 5.65. The average molecular weight is 485 g/mol. The second kappa shape index (κ2) is 12.2. The van der Waals surface area contributed by atoms with Crippen LogP contribution in [0.1, 0.15) is 24.6 Å². The Balaban J connectivity index is 2.05. The van der Waals surface area contributed by atoms with Gasteiger partial charge in [0.05, 0.1) is 23.4 Å². The molecule has 1 aliphatic rings. The summed E-state index contributed by atoms with van der Waals surface area (Å²) in [5.74, 6) is -0.496. The van der Waals surface area contributed by atoms with E-state index >= 15 is 0 Å². The normalized spacial score (nSPS) is 19.8. The number of pyridine rings is 1. The van der Waals surface area contributed by atoms with Gasteiger partial charge >= 0.3 is 5.97 Å². The maximum absolute atomic E-state index is 14.3. The molecule has 4 atom stereocenters. The fraction of sp³-hybridized carbons (Fsp3) is 0.409. The molecule has 174 valence electrons. The lowest BCUT2D eigenvalue weighted by Gasteiger charge is -2.22. The Bertz CT molecular complexity index is 921. The third kappa shape index (κ3) is 6.92. The number of likely N-dealkylation sites (N-methyl/N-ethyl adjacent to an activating group) is 1. The van der Waals surface area contributed by atoms with E-state index in [1.54, 1.807) is 38.6 Å². The Labute approximate surface area is 194 Å². The minimum atomic E-state index is -2.12. The fourth-order valence-corrected chi connectivity index (χ4v) is 3.58. The van der Waals surface area contributed by atoms with E-state index in [0.29, 0.717) is 22.8 Å². The molecule has 2 N–H and O–H groups in total. The lowest BCUT2D eigenvalue weighted by atomic mass is 10.0. The van der Waals surface area contributed by atoms with Gasteiger partial charge in [0.2, 0.25) is 0 Å². The molecule has 6 nitrogen and oxygen atoms in total. The molecule has 0 aliphatic carbocycles. The van der Waals surface area contributed by atoms with Crippen molar-refractivity contribution in [2.24, 2.45) is 4.99 Å². The van der Waals surface area contributed by atoms with Gasteiger partial charge < -0.3 is 15.4 Å². The summed E-state index contributed by atoms with van der Waals surface area (Å²) in [6.07, 6.45) is 5.93. The lowest BCUT2D eigenvalue weighted by Crippen LogP contribution is -2.36. The Kier molecular flexibility index (Phi) is 9.94. The van der Waals surface area contributed by atoms with Gasteiger partial charge in [-0.1, -0.05) is 26.9 Å². The SMILES string of the molecule is C=CC(F)C(F)(P)CCc1ncc(CN/C=C2/C(C(=O)OCC)=NC=CC2NC)cc1Cl. The number of rotatable bonds is 11. The van der Waals surface area contributed by atoms with Gasteiger partial charge in [-0.05, 0) is 44.5 Å². The van der Waals surface area contributed by atoms with Crippen LogP contribution in [0.15, 0.2) is 54.0 Å². The maximum Gasteiger partial charge on any atom is 0.357 e. The molecule has 1 aliphatic heterocycles. The number of carbonyl (C=O) groups is 1. The van der Waals surface area contributed by atoms with E-state index in [2.05, 4.69) is 27.2 Å². The summed E-state index contributed by atoms with van der Waals surface area (Å²) in [4.78, 5) is 20.7. The monoisotopic (exact) mass is 484 g/mol. The van der Waals surface area contributed by atoms with Crippen molar-refractivity contribution in [2.45, 2.75) is 43.9 Å². The van der Waals surface area contributed by atoms with E-state index in [9.17, 15) is 13.6 Å². The van der Waals surface area contributed by atoms with Crippen molar-refractivity contribution in [3.8, 4) is 0 Å².